The van der Waals surface area contributed by atoms with Crippen LogP contribution in [0.15, 0.2) is 54.6 Å². The summed E-state index contributed by atoms with van der Waals surface area (Å²) in [6, 6.07) is 18.5. The molecule has 0 amide bonds. The van der Waals surface area contributed by atoms with Crippen molar-refractivity contribution in [2.45, 2.75) is 18.3 Å². The van der Waals surface area contributed by atoms with Crippen LogP contribution in [-0.2, 0) is 5.41 Å². The van der Waals surface area contributed by atoms with Gasteiger partial charge >= 0.3 is 0 Å². The van der Waals surface area contributed by atoms with Crippen LogP contribution in [0.1, 0.15) is 24.2 Å². The zero-order chi connectivity index (χ0) is 15.4. The van der Waals surface area contributed by atoms with E-state index in [1.165, 1.54) is 16.3 Å². The van der Waals surface area contributed by atoms with Crippen molar-refractivity contribution in [3.63, 3.8) is 0 Å². The zero-order valence-corrected chi connectivity index (χ0v) is 13.1. The van der Waals surface area contributed by atoms with E-state index in [1.54, 1.807) is 0 Å². The number of nitrogens with one attached hydrogen (secondary N) is 1. The lowest BCUT2D eigenvalue weighted by Crippen LogP contribution is -2.15. The van der Waals surface area contributed by atoms with Gasteiger partial charge in [0.1, 0.15) is 0 Å². The van der Waals surface area contributed by atoms with Crippen molar-refractivity contribution in [3.8, 4) is 11.4 Å². The maximum absolute atomic E-state index is 6.02. The van der Waals surface area contributed by atoms with E-state index in [0.29, 0.717) is 0 Å². The van der Waals surface area contributed by atoms with Crippen molar-refractivity contribution in [1.82, 2.24) is 15.2 Å². The fourth-order valence-corrected chi connectivity index (χ4v) is 3.53. The molecule has 0 spiro atoms. The third kappa shape index (κ3) is 1.90. The van der Waals surface area contributed by atoms with Gasteiger partial charge in [-0.15, -0.1) is 0 Å². The molecule has 2 aromatic carbocycles. The molecular weight excluding hydrogens is 306 g/mol. The lowest BCUT2D eigenvalue weighted by Gasteiger charge is -2.15. The van der Waals surface area contributed by atoms with Gasteiger partial charge in [0.05, 0.1) is 16.8 Å². The predicted octanol–water partition coefficient (Wildman–Crippen LogP) is 4.80. The van der Waals surface area contributed by atoms with Gasteiger partial charge in [-0.3, -0.25) is 5.10 Å². The maximum Gasteiger partial charge on any atom is 0.159 e. The molecular formula is C19H14ClN3. The highest BCUT2D eigenvalue weighted by molar-refractivity contribution is 6.30. The van der Waals surface area contributed by atoms with Crippen LogP contribution in [0.5, 0.6) is 0 Å². The molecule has 0 atom stereocenters. The standard InChI is InChI=1S/C19H14ClN3/c20-14-7-5-13(6-8-14)19(9-10-19)18-21-17-15-4-2-1-3-12(15)11-16(17)22-23-18/h1-8,11,22H,9-10H2. The highest BCUT2D eigenvalue weighted by Gasteiger charge is 2.49. The number of nitrogens with zero attached hydrogens (tertiary/aromatic N) is 2. The number of halogens is 1. The number of hydrogen-bond acceptors (Lipinski definition) is 2. The highest BCUT2D eigenvalue weighted by Crippen LogP contribution is 2.52. The van der Waals surface area contributed by atoms with Gasteiger partial charge in [-0.2, -0.15) is 5.10 Å². The quantitative estimate of drug-likeness (QED) is 0.577. The summed E-state index contributed by atoms with van der Waals surface area (Å²) in [5.41, 5.74) is 3.17. The first-order valence-corrected chi connectivity index (χ1v) is 8.14. The highest BCUT2D eigenvalue weighted by atomic mass is 35.5. The summed E-state index contributed by atoms with van der Waals surface area (Å²) in [4.78, 5) is 4.92. The monoisotopic (exact) mass is 319 g/mol. The van der Waals surface area contributed by atoms with Gasteiger partial charge in [-0.05, 0) is 42.0 Å². The Balaban J connectivity index is 1.70. The molecule has 1 heterocycles. The Morgan fingerprint density at radius 1 is 1.00 bits per heavy atom. The fourth-order valence-electron chi connectivity index (χ4n) is 3.41. The minimum absolute atomic E-state index is 0.0619. The normalized spacial score (nSPS) is 16.0. The number of fused-ring (bicyclic) bond motifs is 3. The SMILES string of the molecule is Clc1ccc(C2(c3n[nH]c4cc5ccccc5c-4n3)CC2)cc1. The molecule has 1 N–H and O–H groups in total. The van der Waals surface area contributed by atoms with Crippen molar-refractivity contribution in [2.75, 3.05) is 0 Å². The molecule has 0 bridgehead atoms. The third-order valence-corrected chi connectivity index (χ3v) is 5.10. The Morgan fingerprint density at radius 3 is 2.57 bits per heavy atom. The van der Waals surface area contributed by atoms with E-state index in [1.807, 2.05) is 18.2 Å². The van der Waals surface area contributed by atoms with Crippen molar-refractivity contribution in [1.29, 1.82) is 0 Å². The van der Waals surface area contributed by atoms with Crippen molar-refractivity contribution >= 4 is 22.4 Å². The molecule has 1 aliphatic heterocycles. The van der Waals surface area contributed by atoms with Gasteiger partial charge < -0.3 is 0 Å². The minimum Gasteiger partial charge on any atom is -0.274 e. The minimum atomic E-state index is -0.0619. The van der Waals surface area contributed by atoms with Crippen LogP contribution in [-0.4, -0.2) is 15.2 Å². The molecule has 3 aliphatic rings. The molecule has 112 valence electrons. The second kappa shape index (κ2) is 4.56. The van der Waals surface area contributed by atoms with Gasteiger partial charge in [0.15, 0.2) is 5.82 Å². The number of aromatic amines is 1. The topological polar surface area (TPSA) is 41.6 Å². The molecule has 3 nitrogen and oxygen atoms in total. The fraction of sp³-hybridized carbons (Fsp3) is 0.158. The van der Waals surface area contributed by atoms with E-state index in [-0.39, 0.29) is 5.41 Å². The Bertz CT molecular complexity index is 983. The van der Waals surface area contributed by atoms with Crippen LogP contribution >= 0.6 is 11.6 Å². The Hall–Kier alpha value is -2.39. The van der Waals surface area contributed by atoms with E-state index in [9.17, 15) is 0 Å². The van der Waals surface area contributed by atoms with Gasteiger partial charge in [0, 0.05) is 10.4 Å². The molecule has 1 fully saturated rings. The average Bonchev–Trinajstić information content (AvgIpc) is 3.31. The van der Waals surface area contributed by atoms with Gasteiger partial charge in [0.2, 0.25) is 0 Å². The molecule has 2 aliphatic carbocycles. The summed E-state index contributed by atoms with van der Waals surface area (Å²) < 4.78 is 0. The maximum atomic E-state index is 6.02. The van der Waals surface area contributed by atoms with E-state index < -0.39 is 0 Å². The average molecular weight is 320 g/mol. The molecule has 4 heteroatoms. The zero-order valence-electron chi connectivity index (χ0n) is 12.4. The molecule has 2 aromatic rings. The van der Waals surface area contributed by atoms with Gasteiger partial charge in [0.25, 0.3) is 0 Å². The van der Waals surface area contributed by atoms with Crippen LogP contribution in [0.2, 0.25) is 5.02 Å². The first kappa shape index (κ1) is 13.1. The van der Waals surface area contributed by atoms with Crippen LogP contribution in [0.3, 0.4) is 0 Å². The molecule has 0 radical (unpaired) electrons. The van der Waals surface area contributed by atoms with E-state index >= 15 is 0 Å². The molecule has 0 unspecified atom stereocenters. The summed E-state index contributed by atoms with van der Waals surface area (Å²) in [6.07, 6.45) is 2.15. The summed E-state index contributed by atoms with van der Waals surface area (Å²) in [5.74, 6) is 0.878. The summed E-state index contributed by atoms with van der Waals surface area (Å²) in [7, 11) is 0. The van der Waals surface area contributed by atoms with Crippen molar-refractivity contribution < 1.29 is 0 Å². The molecule has 23 heavy (non-hydrogen) atoms. The van der Waals surface area contributed by atoms with Crippen LogP contribution in [0.25, 0.3) is 22.2 Å². The largest absolute Gasteiger partial charge is 0.274 e. The Kier molecular flexibility index (Phi) is 2.59. The van der Waals surface area contributed by atoms with Crippen LogP contribution in [0.4, 0.5) is 0 Å². The first-order valence-electron chi connectivity index (χ1n) is 7.77. The smallest absolute Gasteiger partial charge is 0.159 e. The molecule has 0 aromatic heterocycles. The number of H-pyrrole nitrogens is 1. The van der Waals surface area contributed by atoms with E-state index in [0.717, 1.165) is 35.1 Å². The predicted molar refractivity (Wildman–Crippen MR) is 92.0 cm³/mol. The second-order valence-corrected chi connectivity index (χ2v) is 6.68. The lowest BCUT2D eigenvalue weighted by molar-refractivity contribution is 0.722. The molecule has 5 rings (SSSR count). The second-order valence-electron chi connectivity index (χ2n) is 6.24. The van der Waals surface area contributed by atoms with E-state index in [2.05, 4.69) is 46.6 Å². The number of benzene rings is 2. The summed E-state index contributed by atoms with van der Waals surface area (Å²) in [5, 5.41) is 10.9. The number of rotatable bonds is 2. The van der Waals surface area contributed by atoms with Crippen LogP contribution < -0.4 is 0 Å². The first-order chi connectivity index (χ1) is 11.3. The number of aromatic nitrogens is 3. The van der Waals surface area contributed by atoms with Crippen molar-refractivity contribution in [3.05, 3.63) is 71.0 Å². The molecule has 1 saturated carbocycles. The lowest BCUT2D eigenvalue weighted by atomic mass is 9.95. The Labute approximate surface area is 138 Å². The van der Waals surface area contributed by atoms with E-state index in [4.69, 9.17) is 16.6 Å². The molecule has 0 saturated heterocycles. The van der Waals surface area contributed by atoms with Crippen LogP contribution in [0, 0.1) is 0 Å². The third-order valence-electron chi connectivity index (χ3n) is 4.85. The summed E-state index contributed by atoms with van der Waals surface area (Å²) in [6.45, 7) is 0. The van der Waals surface area contributed by atoms with Gasteiger partial charge in [-0.1, -0.05) is 48.0 Å². The Morgan fingerprint density at radius 2 is 1.78 bits per heavy atom. The van der Waals surface area contributed by atoms with Crippen molar-refractivity contribution in [2.24, 2.45) is 0 Å². The van der Waals surface area contributed by atoms with Gasteiger partial charge in [-0.25, -0.2) is 4.98 Å². The number of hydrogen-bond donors (Lipinski definition) is 1. The summed E-state index contributed by atoms with van der Waals surface area (Å²) >= 11 is 6.02.